The molecule has 1 aliphatic rings. The average Bonchev–Trinajstić information content (AvgIpc) is 2.51. The van der Waals surface area contributed by atoms with Crippen molar-refractivity contribution in [1.29, 1.82) is 0 Å². The van der Waals surface area contributed by atoms with Gasteiger partial charge in [-0.1, -0.05) is 19.1 Å². The highest BCUT2D eigenvalue weighted by Gasteiger charge is 2.18. The predicted octanol–water partition coefficient (Wildman–Crippen LogP) is 3.14. The van der Waals surface area contributed by atoms with E-state index in [4.69, 9.17) is 0 Å². The molecule has 1 N–H and O–H groups in total. The normalized spacial score (nSPS) is 18.7. The highest BCUT2D eigenvalue weighted by Crippen LogP contribution is 2.23. The van der Waals surface area contributed by atoms with Crippen LogP contribution in [0.1, 0.15) is 37.8 Å². The molecule has 1 unspecified atom stereocenters. The molecule has 1 saturated heterocycles. The Hall–Kier alpha value is -1.06. The van der Waals surface area contributed by atoms with Crippen molar-refractivity contribution >= 4 is 5.69 Å². The van der Waals surface area contributed by atoms with Crippen molar-refractivity contribution in [2.45, 2.75) is 32.2 Å². The van der Waals surface area contributed by atoms with E-state index in [1.165, 1.54) is 43.7 Å². The van der Waals surface area contributed by atoms with Gasteiger partial charge in [0.05, 0.1) is 0 Å². The van der Waals surface area contributed by atoms with Crippen molar-refractivity contribution in [3.8, 4) is 0 Å². The molecule has 21 heavy (non-hydrogen) atoms. The molecule has 2 rings (SSSR count). The molecule has 1 atom stereocenters. The first-order valence-electron chi connectivity index (χ1n) is 8.31. The van der Waals surface area contributed by atoms with E-state index in [-0.39, 0.29) is 0 Å². The minimum atomic E-state index is 0.471. The van der Waals surface area contributed by atoms with Crippen molar-refractivity contribution in [1.82, 2.24) is 10.2 Å². The van der Waals surface area contributed by atoms with Gasteiger partial charge in [0.1, 0.15) is 0 Å². The van der Waals surface area contributed by atoms with Crippen LogP contribution < -0.4 is 10.2 Å². The van der Waals surface area contributed by atoms with Gasteiger partial charge in [0, 0.05) is 25.3 Å². The van der Waals surface area contributed by atoms with Gasteiger partial charge in [-0.25, -0.2) is 0 Å². The minimum Gasteiger partial charge on any atom is -0.374 e. The first-order valence-corrected chi connectivity index (χ1v) is 8.31. The maximum atomic E-state index is 3.37. The van der Waals surface area contributed by atoms with Gasteiger partial charge in [-0.15, -0.1) is 0 Å². The molecular formula is C18H31N3. The van der Waals surface area contributed by atoms with E-state index >= 15 is 0 Å². The van der Waals surface area contributed by atoms with Crippen LogP contribution in [-0.2, 0) is 0 Å². The third kappa shape index (κ3) is 4.45. The summed E-state index contributed by atoms with van der Waals surface area (Å²) < 4.78 is 0. The van der Waals surface area contributed by atoms with Crippen molar-refractivity contribution in [2.75, 3.05) is 45.7 Å². The van der Waals surface area contributed by atoms with Crippen LogP contribution >= 0.6 is 0 Å². The van der Waals surface area contributed by atoms with Crippen molar-refractivity contribution < 1.29 is 0 Å². The molecule has 0 radical (unpaired) electrons. The van der Waals surface area contributed by atoms with Crippen LogP contribution in [0, 0.1) is 5.92 Å². The summed E-state index contributed by atoms with van der Waals surface area (Å²) in [6.45, 7) is 5.90. The number of anilines is 1. The number of nitrogens with one attached hydrogen (secondary N) is 1. The Labute approximate surface area is 130 Å². The van der Waals surface area contributed by atoms with E-state index in [0.29, 0.717) is 6.04 Å². The molecule has 0 spiro atoms. The first kappa shape index (κ1) is 16.3. The number of benzene rings is 1. The SMILES string of the molecule is CCC(NC)c1ccc(N(C)CC2CCN(C)CC2)cc1. The fraction of sp³-hybridized carbons (Fsp3) is 0.667. The van der Waals surface area contributed by atoms with Gasteiger partial charge >= 0.3 is 0 Å². The minimum absolute atomic E-state index is 0.471. The highest BCUT2D eigenvalue weighted by molar-refractivity contribution is 5.47. The second-order valence-corrected chi connectivity index (χ2v) is 6.47. The van der Waals surface area contributed by atoms with Gasteiger partial charge in [-0.3, -0.25) is 0 Å². The number of hydrogen-bond acceptors (Lipinski definition) is 3. The summed E-state index contributed by atoms with van der Waals surface area (Å²) in [6, 6.07) is 9.54. The number of piperidine rings is 1. The van der Waals surface area contributed by atoms with Crippen molar-refractivity contribution in [3.05, 3.63) is 29.8 Å². The summed E-state index contributed by atoms with van der Waals surface area (Å²) in [4.78, 5) is 4.86. The summed E-state index contributed by atoms with van der Waals surface area (Å²) >= 11 is 0. The number of likely N-dealkylation sites (tertiary alicyclic amines) is 1. The second-order valence-electron chi connectivity index (χ2n) is 6.47. The fourth-order valence-corrected chi connectivity index (χ4v) is 3.30. The Kier molecular flexibility index (Phi) is 6.07. The number of nitrogens with zero attached hydrogens (tertiary/aromatic N) is 2. The molecule has 1 fully saturated rings. The molecule has 0 saturated carbocycles. The standard InChI is InChI=1S/C18H31N3/c1-5-18(19-2)16-6-8-17(9-7-16)21(4)14-15-10-12-20(3)13-11-15/h6-9,15,18-19H,5,10-14H2,1-4H3. The van der Waals surface area contributed by atoms with Crippen LogP contribution in [0.25, 0.3) is 0 Å². The molecule has 1 aromatic rings. The largest absolute Gasteiger partial charge is 0.374 e. The van der Waals surface area contributed by atoms with Gasteiger partial charge in [-0.2, -0.15) is 0 Å². The maximum absolute atomic E-state index is 3.37. The van der Waals surface area contributed by atoms with Crippen molar-refractivity contribution in [3.63, 3.8) is 0 Å². The Morgan fingerprint density at radius 2 is 1.86 bits per heavy atom. The molecule has 0 amide bonds. The highest BCUT2D eigenvalue weighted by atomic mass is 15.1. The van der Waals surface area contributed by atoms with Crippen LogP contribution in [-0.4, -0.2) is 45.7 Å². The molecular weight excluding hydrogens is 258 g/mol. The van der Waals surface area contributed by atoms with E-state index in [0.717, 1.165) is 12.3 Å². The monoisotopic (exact) mass is 289 g/mol. The maximum Gasteiger partial charge on any atom is 0.0363 e. The average molecular weight is 289 g/mol. The Balaban J connectivity index is 1.92. The molecule has 1 heterocycles. The molecule has 3 heteroatoms. The molecule has 1 aliphatic heterocycles. The van der Waals surface area contributed by atoms with Crippen LogP contribution in [0.5, 0.6) is 0 Å². The third-order valence-corrected chi connectivity index (χ3v) is 4.86. The zero-order chi connectivity index (χ0) is 15.2. The van der Waals surface area contributed by atoms with Crippen LogP contribution in [0.4, 0.5) is 5.69 Å². The lowest BCUT2D eigenvalue weighted by atomic mass is 9.96. The lowest BCUT2D eigenvalue weighted by Gasteiger charge is -2.32. The van der Waals surface area contributed by atoms with Crippen LogP contribution in [0.3, 0.4) is 0 Å². The van der Waals surface area contributed by atoms with Gasteiger partial charge in [-0.05, 0) is 70.1 Å². The fourth-order valence-electron chi connectivity index (χ4n) is 3.30. The van der Waals surface area contributed by atoms with Gasteiger partial charge in [0.15, 0.2) is 0 Å². The summed E-state index contributed by atoms with van der Waals surface area (Å²) in [5.41, 5.74) is 2.72. The third-order valence-electron chi connectivity index (χ3n) is 4.86. The quantitative estimate of drug-likeness (QED) is 0.868. The molecule has 0 aliphatic carbocycles. The molecule has 3 nitrogen and oxygen atoms in total. The summed E-state index contributed by atoms with van der Waals surface area (Å²) in [5.74, 6) is 0.839. The van der Waals surface area contributed by atoms with E-state index in [1.54, 1.807) is 0 Å². The summed E-state index contributed by atoms with van der Waals surface area (Å²) in [6.07, 6.45) is 3.79. The Morgan fingerprint density at radius 1 is 1.24 bits per heavy atom. The van der Waals surface area contributed by atoms with E-state index in [1.807, 2.05) is 7.05 Å². The van der Waals surface area contributed by atoms with E-state index in [9.17, 15) is 0 Å². The predicted molar refractivity (Wildman–Crippen MR) is 92.0 cm³/mol. The topological polar surface area (TPSA) is 18.5 Å². The first-order chi connectivity index (χ1) is 10.1. The van der Waals surface area contributed by atoms with E-state index in [2.05, 4.69) is 60.4 Å². The molecule has 0 bridgehead atoms. The van der Waals surface area contributed by atoms with Gasteiger partial charge < -0.3 is 15.1 Å². The molecule has 1 aromatic carbocycles. The van der Waals surface area contributed by atoms with Crippen molar-refractivity contribution in [2.24, 2.45) is 5.92 Å². The van der Waals surface area contributed by atoms with Gasteiger partial charge in [0.25, 0.3) is 0 Å². The summed E-state index contributed by atoms with van der Waals surface area (Å²) in [7, 11) is 6.49. The number of rotatable bonds is 6. The van der Waals surface area contributed by atoms with E-state index < -0.39 is 0 Å². The summed E-state index contributed by atoms with van der Waals surface area (Å²) in [5, 5.41) is 3.37. The Morgan fingerprint density at radius 3 is 2.38 bits per heavy atom. The van der Waals surface area contributed by atoms with Crippen LogP contribution in [0.15, 0.2) is 24.3 Å². The van der Waals surface area contributed by atoms with Gasteiger partial charge in [0.2, 0.25) is 0 Å². The van der Waals surface area contributed by atoms with Crippen LogP contribution in [0.2, 0.25) is 0 Å². The zero-order valence-electron chi connectivity index (χ0n) is 14.1. The zero-order valence-corrected chi connectivity index (χ0v) is 14.1. The lowest BCUT2D eigenvalue weighted by Crippen LogP contribution is -2.35. The molecule has 0 aromatic heterocycles. The Bertz CT molecular complexity index is 403. The second kappa shape index (κ2) is 7.81. The number of hydrogen-bond donors (Lipinski definition) is 1. The lowest BCUT2D eigenvalue weighted by molar-refractivity contribution is 0.222. The smallest absolute Gasteiger partial charge is 0.0363 e. The molecule has 118 valence electrons.